The van der Waals surface area contributed by atoms with E-state index in [9.17, 15) is 5.11 Å². The second-order valence-corrected chi connectivity index (χ2v) is 8.42. The van der Waals surface area contributed by atoms with E-state index in [4.69, 9.17) is 14.2 Å². The number of aliphatic hydroxyl groups is 1. The summed E-state index contributed by atoms with van der Waals surface area (Å²) in [5.74, 6) is -0.940. The molecule has 1 N–H and O–H groups in total. The van der Waals surface area contributed by atoms with E-state index in [1.807, 2.05) is 60.7 Å². The summed E-state index contributed by atoms with van der Waals surface area (Å²) in [6.07, 6.45) is 0. The molecule has 0 unspecified atom stereocenters. The first kappa shape index (κ1) is 22.4. The molecular formula is C23H30BrNO4. The largest absolute Gasteiger partial charge is 1.00 e. The number of quaternary nitrogens is 1. The molecule has 0 aromatic heterocycles. The van der Waals surface area contributed by atoms with Gasteiger partial charge in [-0.25, -0.2) is 0 Å². The first-order chi connectivity index (χ1) is 13.6. The highest BCUT2D eigenvalue weighted by molar-refractivity contribution is 5.34. The Morgan fingerprint density at radius 1 is 0.862 bits per heavy atom. The van der Waals surface area contributed by atoms with Crippen LogP contribution in [0, 0.1) is 5.41 Å². The van der Waals surface area contributed by atoms with Crippen LogP contribution in [-0.4, -0.2) is 69.3 Å². The molecule has 2 saturated heterocycles. The zero-order valence-corrected chi connectivity index (χ0v) is 18.5. The maximum absolute atomic E-state index is 10.3. The van der Waals surface area contributed by atoms with Crippen LogP contribution in [0.5, 0.6) is 0 Å². The van der Waals surface area contributed by atoms with Crippen molar-refractivity contribution in [2.75, 3.05) is 59.7 Å². The van der Waals surface area contributed by atoms with Crippen molar-refractivity contribution >= 4 is 0 Å². The fraction of sp³-hybridized carbons (Fsp3) is 0.478. The van der Waals surface area contributed by atoms with Gasteiger partial charge in [-0.1, -0.05) is 60.7 Å². The molecule has 0 radical (unpaired) electrons. The molecule has 158 valence electrons. The summed E-state index contributed by atoms with van der Waals surface area (Å²) < 4.78 is 19.4. The van der Waals surface area contributed by atoms with Crippen LogP contribution in [0.1, 0.15) is 11.1 Å². The van der Waals surface area contributed by atoms with Crippen molar-refractivity contribution in [3.63, 3.8) is 0 Å². The predicted molar refractivity (Wildman–Crippen MR) is 107 cm³/mol. The lowest BCUT2D eigenvalue weighted by molar-refractivity contribution is -0.923. The average molecular weight is 464 g/mol. The highest BCUT2D eigenvalue weighted by Crippen LogP contribution is 2.42. The SMILES string of the molecule is C[N+]1(CC2(CO)COC(c3ccccc3)(c3ccccc3)OC2)CCOCC1.[Br-]. The summed E-state index contributed by atoms with van der Waals surface area (Å²) in [4.78, 5) is 0. The van der Waals surface area contributed by atoms with Gasteiger partial charge >= 0.3 is 0 Å². The summed E-state index contributed by atoms with van der Waals surface area (Å²) in [5, 5.41) is 10.3. The third-order valence-electron chi connectivity index (χ3n) is 6.07. The van der Waals surface area contributed by atoms with Crippen molar-refractivity contribution in [2.24, 2.45) is 5.41 Å². The van der Waals surface area contributed by atoms with E-state index in [1.165, 1.54) is 0 Å². The zero-order valence-electron chi connectivity index (χ0n) is 16.9. The number of likely N-dealkylation sites (N-methyl/N-ethyl adjacent to an activating group) is 1. The molecule has 5 nitrogen and oxygen atoms in total. The number of aliphatic hydroxyl groups excluding tert-OH is 1. The Morgan fingerprint density at radius 2 is 1.34 bits per heavy atom. The van der Waals surface area contributed by atoms with E-state index >= 15 is 0 Å². The van der Waals surface area contributed by atoms with E-state index in [1.54, 1.807) is 0 Å². The van der Waals surface area contributed by atoms with Crippen LogP contribution in [0.2, 0.25) is 0 Å². The van der Waals surface area contributed by atoms with E-state index in [0.29, 0.717) is 13.2 Å². The molecule has 2 fully saturated rings. The summed E-state index contributed by atoms with van der Waals surface area (Å²) in [5.41, 5.74) is 1.53. The molecule has 0 bridgehead atoms. The molecule has 0 aliphatic carbocycles. The molecule has 2 heterocycles. The number of hydrogen-bond acceptors (Lipinski definition) is 4. The predicted octanol–water partition coefficient (Wildman–Crippen LogP) is -0.606. The third-order valence-corrected chi connectivity index (χ3v) is 6.07. The maximum atomic E-state index is 10.3. The Hall–Kier alpha value is -1.28. The second-order valence-electron chi connectivity index (χ2n) is 8.42. The molecule has 29 heavy (non-hydrogen) atoms. The number of morpholine rings is 1. The molecule has 4 rings (SSSR count). The van der Waals surface area contributed by atoms with Crippen LogP contribution in [0.15, 0.2) is 60.7 Å². The Morgan fingerprint density at radius 3 is 1.79 bits per heavy atom. The number of hydrogen-bond donors (Lipinski definition) is 1. The standard InChI is InChI=1S/C23H30NO4.BrH/c1-24(12-14-26-15-13-24)16-22(17-25)18-27-23(28-19-22,20-8-4-2-5-9-20)21-10-6-3-7-11-21;/h2-11,25H,12-19H2,1H3;1H/q+1;/p-1. The number of halogens is 1. The van der Waals surface area contributed by atoms with Crippen molar-refractivity contribution in [1.82, 2.24) is 0 Å². The molecular weight excluding hydrogens is 434 g/mol. The van der Waals surface area contributed by atoms with Crippen molar-refractivity contribution in [2.45, 2.75) is 5.79 Å². The van der Waals surface area contributed by atoms with Crippen LogP contribution >= 0.6 is 0 Å². The van der Waals surface area contributed by atoms with E-state index < -0.39 is 11.2 Å². The smallest absolute Gasteiger partial charge is 0.222 e. The van der Waals surface area contributed by atoms with Crippen LogP contribution in [0.3, 0.4) is 0 Å². The Kier molecular flexibility index (Phi) is 7.14. The highest BCUT2D eigenvalue weighted by Gasteiger charge is 2.50. The topological polar surface area (TPSA) is 47.9 Å². The number of rotatable bonds is 5. The Labute approximate surface area is 183 Å². The first-order valence-electron chi connectivity index (χ1n) is 10.0. The molecule has 0 spiro atoms. The average Bonchev–Trinajstić information content (AvgIpc) is 2.76. The van der Waals surface area contributed by atoms with Crippen molar-refractivity contribution < 1.29 is 40.8 Å². The van der Waals surface area contributed by atoms with Gasteiger partial charge in [-0.2, -0.15) is 0 Å². The molecule has 6 heteroatoms. The normalized spacial score (nSPS) is 22.4. The molecule has 0 amide bonds. The van der Waals surface area contributed by atoms with Gasteiger partial charge in [0.2, 0.25) is 5.79 Å². The molecule has 2 aliphatic heterocycles. The van der Waals surface area contributed by atoms with Gasteiger partial charge in [0, 0.05) is 11.1 Å². The molecule has 0 atom stereocenters. The Balaban J connectivity index is 0.00000240. The third kappa shape index (κ3) is 4.58. The van der Waals surface area contributed by atoms with Gasteiger partial charge in [0.05, 0.1) is 52.0 Å². The van der Waals surface area contributed by atoms with E-state index in [0.717, 1.165) is 48.5 Å². The van der Waals surface area contributed by atoms with Crippen LogP contribution < -0.4 is 17.0 Å². The lowest BCUT2D eigenvalue weighted by Gasteiger charge is -2.49. The molecule has 2 aliphatic rings. The molecule has 2 aromatic carbocycles. The van der Waals surface area contributed by atoms with E-state index in [2.05, 4.69) is 7.05 Å². The zero-order chi connectivity index (χ0) is 19.5. The van der Waals surface area contributed by atoms with Gasteiger partial charge < -0.3 is 40.8 Å². The Bertz CT molecular complexity index is 715. The molecule has 2 aromatic rings. The minimum atomic E-state index is -0.940. The van der Waals surface area contributed by atoms with Gasteiger partial charge in [0.1, 0.15) is 13.1 Å². The minimum Gasteiger partial charge on any atom is -1.00 e. The minimum absolute atomic E-state index is 0. The summed E-state index contributed by atoms with van der Waals surface area (Å²) in [6, 6.07) is 20.1. The monoisotopic (exact) mass is 463 g/mol. The second kappa shape index (κ2) is 9.25. The van der Waals surface area contributed by atoms with Crippen LogP contribution in [-0.2, 0) is 20.0 Å². The van der Waals surface area contributed by atoms with Gasteiger partial charge in [-0.3, -0.25) is 0 Å². The maximum Gasteiger partial charge on any atom is 0.222 e. The van der Waals surface area contributed by atoms with Gasteiger partial charge in [-0.15, -0.1) is 0 Å². The fourth-order valence-corrected chi connectivity index (χ4v) is 4.39. The number of ether oxygens (including phenoxy) is 3. The van der Waals surface area contributed by atoms with Crippen LogP contribution in [0.4, 0.5) is 0 Å². The first-order valence-corrected chi connectivity index (χ1v) is 10.0. The molecule has 0 saturated carbocycles. The van der Waals surface area contributed by atoms with Crippen molar-refractivity contribution in [3.05, 3.63) is 71.8 Å². The fourth-order valence-electron chi connectivity index (χ4n) is 4.39. The van der Waals surface area contributed by atoms with Gasteiger partial charge in [-0.05, 0) is 0 Å². The van der Waals surface area contributed by atoms with Crippen LogP contribution in [0.25, 0.3) is 0 Å². The van der Waals surface area contributed by atoms with Gasteiger partial charge in [0.15, 0.2) is 0 Å². The quantitative estimate of drug-likeness (QED) is 0.601. The summed E-state index contributed by atoms with van der Waals surface area (Å²) in [6.45, 7) is 5.17. The number of nitrogens with zero attached hydrogens (tertiary/aromatic N) is 1. The summed E-state index contributed by atoms with van der Waals surface area (Å²) in [7, 11) is 2.23. The number of benzene rings is 2. The van der Waals surface area contributed by atoms with E-state index in [-0.39, 0.29) is 23.6 Å². The van der Waals surface area contributed by atoms with Gasteiger partial charge in [0.25, 0.3) is 0 Å². The summed E-state index contributed by atoms with van der Waals surface area (Å²) >= 11 is 0. The lowest BCUT2D eigenvalue weighted by atomic mass is 9.86. The van der Waals surface area contributed by atoms with Crippen molar-refractivity contribution in [1.29, 1.82) is 0 Å². The highest BCUT2D eigenvalue weighted by atomic mass is 79.9. The lowest BCUT2D eigenvalue weighted by Crippen LogP contribution is -3.00. The van der Waals surface area contributed by atoms with Crippen molar-refractivity contribution in [3.8, 4) is 0 Å².